The van der Waals surface area contributed by atoms with Crippen LogP contribution in [-0.2, 0) is 0 Å². The van der Waals surface area contributed by atoms with Gasteiger partial charge in [0.25, 0.3) is 0 Å². The Morgan fingerprint density at radius 2 is 2.12 bits per heavy atom. The van der Waals surface area contributed by atoms with E-state index in [4.69, 9.17) is 5.73 Å². The molecule has 1 aromatic carbocycles. The smallest absolute Gasteiger partial charge is 0.159 e. The Labute approximate surface area is 109 Å². The molecule has 2 unspecified atom stereocenters. The molecule has 5 heteroatoms. The minimum Gasteiger partial charge on any atom is -0.398 e. The number of hydrogen-bond acceptors (Lipinski definition) is 4. The van der Waals surface area contributed by atoms with Crippen LogP contribution in [0.1, 0.15) is 35.4 Å². The lowest BCUT2D eigenvalue weighted by molar-refractivity contribution is 0.0178. The van der Waals surface area contributed by atoms with Crippen molar-refractivity contribution >= 4 is 27.4 Å². The van der Waals surface area contributed by atoms with Gasteiger partial charge in [-0.1, -0.05) is 28.1 Å². The van der Waals surface area contributed by atoms with E-state index in [0.29, 0.717) is 28.6 Å². The quantitative estimate of drug-likeness (QED) is 0.439. The lowest BCUT2D eigenvalue weighted by Crippen LogP contribution is -2.19. The zero-order valence-electron chi connectivity index (χ0n) is 9.56. The average Bonchev–Trinajstić information content (AvgIpc) is 2.28. The van der Waals surface area contributed by atoms with Gasteiger partial charge in [-0.2, -0.15) is 0 Å². The second-order valence-corrected chi connectivity index (χ2v) is 4.68. The number of carbonyl (C=O) groups excluding carboxylic acids is 1. The Morgan fingerprint density at radius 3 is 2.59 bits per heavy atom. The summed E-state index contributed by atoms with van der Waals surface area (Å²) < 4.78 is 0. The number of ketones is 1. The van der Waals surface area contributed by atoms with Gasteiger partial charge in [-0.25, -0.2) is 0 Å². The second kappa shape index (κ2) is 6.14. The normalized spacial score (nSPS) is 14.4. The molecule has 4 nitrogen and oxygen atoms in total. The average molecular weight is 302 g/mol. The van der Waals surface area contributed by atoms with Crippen LogP contribution >= 0.6 is 15.9 Å². The molecule has 17 heavy (non-hydrogen) atoms. The molecule has 0 aromatic heterocycles. The summed E-state index contributed by atoms with van der Waals surface area (Å²) in [4.78, 5) is 11.1. The third-order valence-corrected chi connectivity index (χ3v) is 3.04. The summed E-state index contributed by atoms with van der Waals surface area (Å²) in [6.07, 6.45) is -1.48. The van der Waals surface area contributed by atoms with Gasteiger partial charge in [0.1, 0.15) is 6.10 Å². The fraction of sp³-hybridized carbons (Fsp3) is 0.417. The molecule has 94 valence electrons. The van der Waals surface area contributed by atoms with E-state index in [1.807, 2.05) is 0 Å². The van der Waals surface area contributed by atoms with Crippen molar-refractivity contribution in [2.24, 2.45) is 0 Å². The summed E-state index contributed by atoms with van der Waals surface area (Å²) in [6, 6.07) is 4.69. The highest BCUT2D eigenvalue weighted by Crippen LogP contribution is 2.26. The lowest BCUT2D eigenvalue weighted by atomic mass is 9.98. The molecule has 2 atom stereocenters. The van der Waals surface area contributed by atoms with Crippen LogP contribution in [0.4, 0.5) is 5.69 Å². The summed E-state index contributed by atoms with van der Waals surface area (Å²) >= 11 is 3.19. The molecule has 1 rings (SSSR count). The van der Waals surface area contributed by atoms with Crippen molar-refractivity contribution in [1.29, 1.82) is 0 Å². The SMILES string of the molecule is CC(=O)c1ccc(C(O)C(O)CCBr)c(N)c1. The number of halogens is 1. The Bertz CT molecular complexity index is 409. The van der Waals surface area contributed by atoms with Crippen molar-refractivity contribution in [1.82, 2.24) is 0 Å². The molecule has 0 saturated heterocycles. The van der Waals surface area contributed by atoms with Crippen molar-refractivity contribution in [3.63, 3.8) is 0 Å². The summed E-state index contributed by atoms with van der Waals surface area (Å²) in [5, 5.41) is 20.2. The fourth-order valence-corrected chi connectivity index (χ4v) is 2.01. The van der Waals surface area contributed by atoms with Gasteiger partial charge in [-0.15, -0.1) is 0 Å². The van der Waals surface area contributed by atoms with Crippen LogP contribution in [0.2, 0.25) is 0 Å². The highest BCUT2D eigenvalue weighted by atomic mass is 79.9. The molecule has 0 heterocycles. The van der Waals surface area contributed by atoms with Crippen LogP contribution in [-0.4, -0.2) is 27.4 Å². The summed E-state index contributed by atoms with van der Waals surface area (Å²) in [5.74, 6) is -0.0845. The monoisotopic (exact) mass is 301 g/mol. The van der Waals surface area contributed by atoms with E-state index in [0.717, 1.165) is 0 Å². The number of nitrogen functional groups attached to an aromatic ring is 1. The number of aliphatic hydroxyl groups excluding tert-OH is 2. The van der Waals surface area contributed by atoms with Gasteiger partial charge >= 0.3 is 0 Å². The number of benzene rings is 1. The van der Waals surface area contributed by atoms with Crippen molar-refractivity contribution in [2.45, 2.75) is 25.6 Å². The Balaban J connectivity index is 2.95. The molecule has 0 saturated carbocycles. The van der Waals surface area contributed by atoms with Crippen molar-refractivity contribution in [3.8, 4) is 0 Å². The number of carbonyl (C=O) groups is 1. The summed E-state index contributed by atoms with van der Waals surface area (Å²) in [7, 11) is 0. The van der Waals surface area contributed by atoms with Crippen molar-refractivity contribution in [2.75, 3.05) is 11.1 Å². The summed E-state index contributed by atoms with van der Waals surface area (Å²) in [6.45, 7) is 1.45. The second-order valence-electron chi connectivity index (χ2n) is 3.89. The number of hydrogen-bond donors (Lipinski definition) is 3. The minimum atomic E-state index is -1.03. The van der Waals surface area contributed by atoms with Gasteiger partial charge < -0.3 is 15.9 Å². The van der Waals surface area contributed by atoms with Gasteiger partial charge in [0.2, 0.25) is 0 Å². The van der Waals surface area contributed by atoms with Crippen molar-refractivity contribution in [3.05, 3.63) is 29.3 Å². The molecular formula is C12H16BrNO3. The molecule has 0 bridgehead atoms. The van der Waals surface area contributed by atoms with Gasteiger partial charge in [0, 0.05) is 22.1 Å². The van der Waals surface area contributed by atoms with Gasteiger partial charge in [-0.05, 0) is 19.4 Å². The first-order valence-corrected chi connectivity index (χ1v) is 6.42. The maximum Gasteiger partial charge on any atom is 0.159 e. The van der Waals surface area contributed by atoms with Crippen LogP contribution in [0, 0.1) is 0 Å². The van der Waals surface area contributed by atoms with Gasteiger partial charge in [-0.3, -0.25) is 4.79 Å². The molecule has 0 aliphatic heterocycles. The van der Waals surface area contributed by atoms with E-state index in [1.54, 1.807) is 12.1 Å². The zero-order valence-corrected chi connectivity index (χ0v) is 11.1. The van der Waals surface area contributed by atoms with E-state index in [1.165, 1.54) is 13.0 Å². The molecule has 4 N–H and O–H groups in total. The predicted molar refractivity (Wildman–Crippen MR) is 70.2 cm³/mol. The highest BCUT2D eigenvalue weighted by molar-refractivity contribution is 9.09. The maximum atomic E-state index is 11.1. The lowest BCUT2D eigenvalue weighted by Gasteiger charge is -2.19. The van der Waals surface area contributed by atoms with E-state index in [9.17, 15) is 15.0 Å². The summed E-state index contributed by atoms with van der Waals surface area (Å²) in [5.41, 5.74) is 7.02. The van der Waals surface area contributed by atoms with Gasteiger partial charge in [0.15, 0.2) is 5.78 Å². The van der Waals surface area contributed by atoms with Crippen LogP contribution in [0.15, 0.2) is 18.2 Å². The number of Topliss-reactive ketones (excluding diaryl/α,β-unsaturated/α-hetero) is 1. The first kappa shape index (κ1) is 14.2. The standard InChI is InChI=1S/C12H16BrNO3/c1-7(15)8-2-3-9(10(14)6-8)12(17)11(16)4-5-13/h2-3,6,11-12,16-17H,4-5,14H2,1H3. The molecule has 0 spiro atoms. The molecule has 0 fully saturated rings. The largest absolute Gasteiger partial charge is 0.398 e. The molecule has 0 aliphatic rings. The molecule has 0 aliphatic carbocycles. The van der Waals surface area contributed by atoms with Gasteiger partial charge in [0.05, 0.1) is 6.10 Å². The number of rotatable bonds is 5. The number of alkyl halides is 1. The maximum absolute atomic E-state index is 11.1. The molecule has 1 aromatic rings. The van der Waals surface area contributed by atoms with E-state index >= 15 is 0 Å². The molecule has 0 amide bonds. The Kier molecular flexibility index (Phi) is 5.11. The third kappa shape index (κ3) is 3.52. The van der Waals surface area contributed by atoms with Crippen LogP contribution in [0.5, 0.6) is 0 Å². The van der Waals surface area contributed by atoms with Crippen LogP contribution in [0.25, 0.3) is 0 Å². The van der Waals surface area contributed by atoms with Crippen LogP contribution < -0.4 is 5.73 Å². The predicted octanol–water partition coefficient (Wildman–Crippen LogP) is 1.65. The Hall–Kier alpha value is -0.910. The first-order valence-electron chi connectivity index (χ1n) is 5.29. The third-order valence-electron chi connectivity index (χ3n) is 2.58. The number of anilines is 1. The van der Waals surface area contributed by atoms with E-state index in [2.05, 4.69) is 15.9 Å². The molecule has 0 radical (unpaired) electrons. The minimum absolute atomic E-state index is 0.0845. The number of nitrogens with two attached hydrogens (primary N) is 1. The topological polar surface area (TPSA) is 83.5 Å². The Morgan fingerprint density at radius 1 is 1.47 bits per heavy atom. The van der Waals surface area contributed by atoms with Crippen LogP contribution in [0.3, 0.4) is 0 Å². The first-order chi connectivity index (χ1) is 7.97. The fourth-order valence-electron chi connectivity index (χ4n) is 1.54. The van der Waals surface area contributed by atoms with E-state index in [-0.39, 0.29) is 5.78 Å². The van der Waals surface area contributed by atoms with Crippen molar-refractivity contribution < 1.29 is 15.0 Å². The zero-order chi connectivity index (χ0) is 13.0. The van der Waals surface area contributed by atoms with E-state index < -0.39 is 12.2 Å². The molecular weight excluding hydrogens is 286 g/mol. The number of aliphatic hydroxyl groups is 2. The highest BCUT2D eigenvalue weighted by Gasteiger charge is 2.20.